The second-order valence-corrected chi connectivity index (χ2v) is 7.92. The number of nitrogens with zero attached hydrogens (tertiary/aromatic N) is 3. The molecule has 2 rings (SSSR count). The van der Waals surface area contributed by atoms with Gasteiger partial charge in [-0.25, -0.2) is 4.79 Å². The zero-order valence-corrected chi connectivity index (χ0v) is 16.0. The fourth-order valence-electron chi connectivity index (χ4n) is 2.56. The highest BCUT2D eigenvalue weighted by atomic mass is 79.9. The molecule has 0 radical (unpaired) electrons. The van der Waals surface area contributed by atoms with Crippen LogP contribution in [0.4, 0.5) is 4.79 Å². The van der Waals surface area contributed by atoms with Crippen LogP contribution in [-0.4, -0.2) is 51.4 Å². The second kappa shape index (κ2) is 8.00. The molecule has 0 aliphatic carbocycles. The molecule has 0 saturated carbocycles. The molecule has 0 bridgehead atoms. The number of hydrogen-bond donors (Lipinski definition) is 1. The average Bonchev–Trinajstić information content (AvgIpc) is 2.89. The van der Waals surface area contributed by atoms with E-state index >= 15 is 0 Å². The van der Waals surface area contributed by atoms with Crippen molar-refractivity contribution in [2.24, 2.45) is 0 Å². The number of halogens is 1. The van der Waals surface area contributed by atoms with Crippen molar-refractivity contribution in [1.29, 1.82) is 0 Å². The largest absolute Gasteiger partial charge is 0.444 e. The van der Waals surface area contributed by atoms with E-state index in [0.717, 1.165) is 17.3 Å². The van der Waals surface area contributed by atoms with Gasteiger partial charge in [-0.2, -0.15) is 5.10 Å². The number of nitrogens with one attached hydrogen (secondary N) is 1. The highest BCUT2D eigenvalue weighted by molar-refractivity contribution is 9.10. The van der Waals surface area contributed by atoms with Gasteiger partial charge in [0.15, 0.2) is 0 Å². The Labute approximate surface area is 150 Å². The third-order valence-electron chi connectivity index (χ3n) is 3.61. The predicted molar refractivity (Wildman–Crippen MR) is 93.5 cm³/mol. The fourth-order valence-corrected chi connectivity index (χ4v) is 2.89. The number of carbonyl (C=O) groups is 2. The van der Waals surface area contributed by atoms with Crippen LogP contribution in [0.2, 0.25) is 0 Å². The van der Waals surface area contributed by atoms with E-state index in [2.05, 4.69) is 26.3 Å². The molecule has 1 fully saturated rings. The van der Waals surface area contributed by atoms with Gasteiger partial charge in [-0.1, -0.05) is 0 Å². The van der Waals surface area contributed by atoms with Gasteiger partial charge in [0, 0.05) is 38.3 Å². The molecule has 1 aliphatic rings. The van der Waals surface area contributed by atoms with E-state index in [4.69, 9.17) is 4.74 Å². The van der Waals surface area contributed by atoms with E-state index in [9.17, 15) is 9.59 Å². The van der Waals surface area contributed by atoms with Crippen LogP contribution in [-0.2, 0) is 16.1 Å². The van der Waals surface area contributed by atoms with E-state index in [1.165, 1.54) is 0 Å². The molecule has 7 nitrogen and oxygen atoms in total. The molecule has 2 heterocycles. The first-order valence-corrected chi connectivity index (χ1v) is 8.97. The number of aromatic nitrogens is 2. The Morgan fingerprint density at radius 1 is 1.46 bits per heavy atom. The number of likely N-dealkylation sites (tertiary alicyclic amines) is 1. The minimum Gasteiger partial charge on any atom is -0.444 e. The van der Waals surface area contributed by atoms with E-state index in [1.54, 1.807) is 15.8 Å². The van der Waals surface area contributed by atoms with Crippen LogP contribution < -0.4 is 5.32 Å². The number of aryl methyl sites for hydroxylation is 1. The Hall–Kier alpha value is -1.57. The number of amides is 2. The Morgan fingerprint density at radius 3 is 2.83 bits per heavy atom. The number of ether oxygens (including phenoxy) is 1. The number of hydrogen-bond acceptors (Lipinski definition) is 4. The Kier molecular flexibility index (Phi) is 6.26. The monoisotopic (exact) mass is 400 g/mol. The van der Waals surface area contributed by atoms with Crippen molar-refractivity contribution in [1.82, 2.24) is 20.0 Å². The van der Waals surface area contributed by atoms with Crippen LogP contribution >= 0.6 is 15.9 Å². The average molecular weight is 401 g/mol. The van der Waals surface area contributed by atoms with Gasteiger partial charge in [0.05, 0.1) is 10.7 Å². The summed E-state index contributed by atoms with van der Waals surface area (Å²) in [6, 6.07) is -0.0249. The van der Waals surface area contributed by atoms with Crippen LogP contribution in [0.1, 0.15) is 40.0 Å². The van der Waals surface area contributed by atoms with Crippen LogP contribution in [0.15, 0.2) is 16.9 Å². The Morgan fingerprint density at radius 2 is 2.21 bits per heavy atom. The molecule has 0 spiro atoms. The number of carbonyl (C=O) groups excluding carboxylic acids is 2. The first kappa shape index (κ1) is 18.8. The van der Waals surface area contributed by atoms with Crippen molar-refractivity contribution in [3.05, 3.63) is 16.9 Å². The normalized spacial score (nSPS) is 18.3. The van der Waals surface area contributed by atoms with Gasteiger partial charge < -0.3 is 15.0 Å². The van der Waals surface area contributed by atoms with Gasteiger partial charge in [-0.15, -0.1) is 0 Å². The highest BCUT2D eigenvalue weighted by Gasteiger charge is 2.28. The number of piperidine rings is 1. The van der Waals surface area contributed by atoms with Crippen LogP contribution in [0.3, 0.4) is 0 Å². The second-order valence-electron chi connectivity index (χ2n) is 7.00. The van der Waals surface area contributed by atoms with Gasteiger partial charge in [0.1, 0.15) is 5.60 Å². The van der Waals surface area contributed by atoms with Crippen molar-refractivity contribution in [2.75, 3.05) is 13.1 Å². The lowest BCUT2D eigenvalue weighted by molar-refractivity contribution is -0.122. The molecule has 1 unspecified atom stereocenters. The Balaban J connectivity index is 1.77. The van der Waals surface area contributed by atoms with Crippen LogP contribution in [0.5, 0.6) is 0 Å². The molecule has 8 heteroatoms. The van der Waals surface area contributed by atoms with Crippen LogP contribution in [0.25, 0.3) is 0 Å². The smallest absolute Gasteiger partial charge is 0.410 e. The van der Waals surface area contributed by atoms with Crippen molar-refractivity contribution >= 4 is 27.9 Å². The summed E-state index contributed by atoms with van der Waals surface area (Å²) >= 11 is 3.33. The van der Waals surface area contributed by atoms with E-state index in [0.29, 0.717) is 26.1 Å². The lowest BCUT2D eigenvalue weighted by atomic mass is 10.1. The topological polar surface area (TPSA) is 76.5 Å². The van der Waals surface area contributed by atoms with E-state index in [-0.39, 0.29) is 18.0 Å². The van der Waals surface area contributed by atoms with Crippen LogP contribution in [0, 0.1) is 0 Å². The summed E-state index contributed by atoms with van der Waals surface area (Å²) in [6.45, 7) is 7.24. The highest BCUT2D eigenvalue weighted by Crippen LogP contribution is 2.15. The molecule has 1 atom stereocenters. The molecule has 1 aliphatic heterocycles. The predicted octanol–water partition coefficient (Wildman–Crippen LogP) is 2.55. The summed E-state index contributed by atoms with van der Waals surface area (Å²) in [5, 5.41) is 7.13. The zero-order chi connectivity index (χ0) is 17.7. The summed E-state index contributed by atoms with van der Waals surface area (Å²) in [6.07, 6.45) is 5.30. The minimum absolute atomic E-state index is 0.0249. The van der Waals surface area contributed by atoms with Gasteiger partial charge in [-0.3, -0.25) is 9.48 Å². The molecule has 2 amide bonds. The molecule has 1 N–H and O–H groups in total. The quantitative estimate of drug-likeness (QED) is 0.842. The summed E-state index contributed by atoms with van der Waals surface area (Å²) < 4.78 is 8.01. The molecule has 24 heavy (non-hydrogen) atoms. The lowest BCUT2D eigenvalue weighted by Crippen LogP contribution is -2.50. The van der Waals surface area contributed by atoms with Gasteiger partial charge in [0.25, 0.3) is 0 Å². The summed E-state index contributed by atoms with van der Waals surface area (Å²) in [7, 11) is 0. The summed E-state index contributed by atoms with van der Waals surface area (Å²) in [5.74, 6) is -0.0299. The van der Waals surface area contributed by atoms with Gasteiger partial charge in [-0.05, 0) is 49.5 Å². The van der Waals surface area contributed by atoms with Crippen molar-refractivity contribution in [3.8, 4) is 0 Å². The maximum atomic E-state index is 12.1. The van der Waals surface area contributed by atoms with E-state index in [1.807, 2.05) is 27.0 Å². The minimum atomic E-state index is -0.509. The first-order chi connectivity index (χ1) is 11.2. The number of rotatable bonds is 4. The van der Waals surface area contributed by atoms with Crippen molar-refractivity contribution < 1.29 is 14.3 Å². The maximum absolute atomic E-state index is 12.1. The molecule has 1 aromatic rings. The molecular weight excluding hydrogens is 376 g/mol. The maximum Gasteiger partial charge on any atom is 0.410 e. The van der Waals surface area contributed by atoms with Crippen molar-refractivity contribution in [2.45, 2.75) is 58.2 Å². The Bertz CT molecular complexity index is 582. The fraction of sp³-hybridized carbons (Fsp3) is 0.688. The van der Waals surface area contributed by atoms with Crippen molar-refractivity contribution in [3.63, 3.8) is 0 Å². The molecule has 0 aromatic carbocycles. The molecular formula is C16H25BrN4O3. The van der Waals surface area contributed by atoms with Gasteiger partial charge >= 0.3 is 6.09 Å². The first-order valence-electron chi connectivity index (χ1n) is 8.18. The molecule has 1 saturated heterocycles. The lowest BCUT2D eigenvalue weighted by Gasteiger charge is -2.34. The molecule has 1 aromatic heterocycles. The summed E-state index contributed by atoms with van der Waals surface area (Å²) in [5.41, 5.74) is -0.509. The van der Waals surface area contributed by atoms with Gasteiger partial charge in [0.2, 0.25) is 5.91 Å². The third-order valence-corrected chi connectivity index (χ3v) is 4.02. The zero-order valence-electron chi connectivity index (χ0n) is 14.4. The third kappa shape index (κ3) is 6.14. The molecule has 134 valence electrons. The van der Waals surface area contributed by atoms with E-state index < -0.39 is 5.60 Å². The summed E-state index contributed by atoms with van der Waals surface area (Å²) in [4.78, 5) is 25.9. The standard InChI is InChI=1S/C16H25BrN4O3/c1-16(2,3)24-15(23)20-7-4-5-13(11-20)19-14(22)6-8-21-10-12(17)9-18-21/h9-10,13H,4-8,11H2,1-3H3,(H,19,22). The SMILES string of the molecule is CC(C)(C)OC(=O)N1CCCC(NC(=O)CCn2cc(Br)cn2)C1.